The minimum absolute atomic E-state index is 0.0863. The Bertz CT molecular complexity index is 1430. The fourth-order valence-corrected chi connectivity index (χ4v) is 6.31. The molecular weight excluding hydrogens is 580 g/mol. The van der Waals surface area contributed by atoms with Gasteiger partial charge in [-0.2, -0.15) is 5.10 Å². The van der Waals surface area contributed by atoms with Gasteiger partial charge < -0.3 is 16.0 Å². The van der Waals surface area contributed by atoms with Crippen LogP contribution in [-0.2, 0) is 34.4 Å². The molecule has 0 unspecified atom stereocenters. The fourth-order valence-electron chi connectivity index (χ4n) is 6.31. The van der Waals surface area contributed by atoms with Gasteiger partial charge in [0.05, 0.1) is 12.2 Å². The summed E-state index contributed by atoms with van der Waals surface area (Å²) >= 11 is 0. The first-order chi connectivity index (χ1) is 21.6. The van der Waals surface area contributed by atoms with Crippen LogP contribution in [0, 0.1) is 5.92 Å². The van der Waals surface area contributed by atoms with Crippen LogP contribution in [0.25, 0.3) is 0 Å². The molecule has 0 radical (unpaired) electrons. The summed E-state index contributed by atoms with van der Waals surface area (Å²) in [5.41, 5.74) is 8.91. The molecule has 1 aliphatic heterocycles. The van der Waals surface area contributed by atoms with E-state index in [1.165, 1.54) is 21.3 Å². The van der Waals surface area contributed by atoms with Crippen LogP contribution in [0.3, 0.4) is 0 Å². The molecule has 2 aliphatic rings. The number of rotatable bonds is 11. The predicted octanol–water partition coefficient (Wildman–Crippen LogP) is 3.43. The second-order valence-corrected chi connectivity index (χ2v) is 12.0. The molecule has 12 heteroatoms. The monoisotopic (exact) mass is 621 g/mol. The van der Waals surface area contributed by atoms with Gasteiger partial charge in [-0.05, 0) is 48.4 Å². The molecule has 45 heavy (non-hydrogen) atoms. The molecule has 10 nitrogen and oxygen atoms in total. The zero-order chi connectivity index (χ0) is 32.0. The number of piperazine rings is 1. The number of nitrogens with one attached hydrogen (secondary N) is 1. The van der Waals surface area contributed by atoms with Crippen molar-refractivity contribution < 1.29 is 23.2 Å². The van der Waals surface area contributed by atoms with Gasteiger partial charge in [-0.1, -0.05) is 42.5 Å². The lowest BCUT2D eigenvalue weighted by molar-refractivity contribution is -0.134. The fraction of sp³-hybridized carbons (Fsp3) is 0.455. The number of halogens is 2. The Labute approximate surface area is 262 Å². The van der Waals surface area contributed by atoms with Crippen molar-refractivity contribution in [2.24, 2.45) is 18.7 Å². The number of aromatic nitrogens is 2. The smallest absolute Gasteiger partial charge is 0.248 e. The minimum Gasteiger partial charge on any atom is -0.339 e. The molecule has 240 valence electrons. The summed E-state index contributed by atoms with van der Waals surface area (Å²) in [6.45, 7) is 3.68. The summed E-state index contributed by atoms with van der Waals surface area (Å²) in [6.07, 6.45) is 1.96. The molecule has 5 rings (SSSR count). The van der Waals surface area contributed by atoms with Crippen LogP contribution in [0.5, 0.6) is 0 Å². The number of hydrogen-bond donors (Lipinski definition) is 2. The molecule has 1 saturated heterocycles. The molecule has 2 heterocycles. The highest BCUT2D eigenvalue weighted by molar-refractivity contribution is 6.00. The average molecular weight is 622 g/mol. The van der Waals surface area contributed by atoms with Gasteiger partial charge in [-0.15, -0.1) is 0 Å². The third kappa shape index (κ3) is 8.12. The molecule has 0 bridgehead atoms. The van der Waals surface area contributed by atoms with Gasteiger partial charge in [-0.3, -0.25) is 28.9 Å². The maximum Gasteiger partial charge on any atom is 0.248 e. The molecule has 1 aliphatic carbocycles. The first-order valence-electron chi connectivity index (χ1n) is 15.4. The lowest BCUT2D eigenvalue weighted by Crippen LogP contribution is -2.53. The molecular formula is C33H41F2N7O3. The topological polar surface area (TPSA) is 117 Å². The highest BCUT2D eigenvalue weighted by Crippen LogP contribution is 2.39. The van der Waals surface area contributed by atoms with Crippen molar-refractivity contribution in [1.29, 1.82) is 0 Å². The van der Waals surface area contributed by atoms with Gasteiger partial charge in [0.1, 0.15) is 11.9 Å². The van der Waals surface area contributed by atoms with Gasteiger partial charge >= 0.3 is 0 Å². The van der Waals surface area contributed by atoms with Gasteiger partial charge in [0.15, 0.2) is 0 Å². The number of hydrogen-bond acceptors (Lipinski definition) is 6. The van der Waals surface area contributed by atoms with Crippen LogP contribution in [0.15, 0.2) is 66.9 Å². The Morgan fingerprint density at radius 1 is 1.02 bits per heavy atom. The Kier molecular flexibility index (Phi) is 10.2. The van der Waals surface area contributed by atoms with Gasteiger partial charge in [-0.25, -0.2) is 8.78 Å². The first kappa shape index (κ1) is 32.2. The number of benzene rings is 2. The lowest BCUT2D eigenvalue weighted by atomic mass is 9.81. The summed E-state index contributed by atoms with van der Waals surface area (Å²) in [6, 6.07) is 17.2. The van der Waals surface area contributed by atoms with Crippen molar-refractivity contribution in [2.45, 2.75) is 56.7 Å². The van der Waals surface area contributed by atoms with Crippen molar-refractivity contribution in [2.75, 3.05) is 36.4 Å². The van der Waals surface area contributed by atoms with Crippen LogP contribution in [0.2, 0.25) is 0 Å². The number of nitrogens with zero attached hydrogens (tertiary/aromatic N) is 5. The number of carbonyl (C=O) groups is 3. The summed E-state index contributed by atoms with van der Waals surface area (Å²) in [5, 5.41) is 6.96. The summed E-state index contributed by atoms with van der Waals surface area (Å²) in [5.74, 6) is -3.38. The second kappa shape index (κ2) is 14.3. The normalized spacial score (nSPS) is 18.6. The third-order valence-electron chi connectivity index (χ3n) is 8.88. The van der Waals surface area contributed by atoms with E-state index >= 15 is 0 Å². The van der Waals surface area contributed by atoms with E-state index in [0.29, 0.717) is 37.4 Å². The number of anilines is 2. The quantitative estimate of drug-likeness (QED) is 0.317. The van der Waals surface area contributed by atoms with Gasteiger partial charge in [0, 0.05) is 64.4 Å². The SMILES string of the molecule is Cn1nccc1N(C=O)[C@H](C(=O)Nc1ccc(C[C@@H](N)C(=O)N2CCN(Cc3ccccc3)CC2)cc1)C1CCC(F)(F)CC1. The first-order valence-corrected chi connectivity index (χ1v) is 15.4. The maximum atomic E-state index is 14.0. The van der Waals surface area contributed by atoms with E-state index in [2.05, 4.69) is 27.4 Å². The van der Waals surface area contributed by atoms with Crippen molar-refractivity contribution in [3.63, 3.8) is 0 Å². The van der Waals surface area contributed by atoms with Crippen molar-refractivity contribution in [3.05, 3.63) is 78.0 Å². The van der Waals surface area contributed by atoms with E-state index in [0.717, 1.165) is 25.2 Å². The van der Waals surface area contributed by atoms with Gasteiger partial charge in [0.2, 0.25) is 24.1 Å². The van der Waals surface area contributed by atoms with E-state index in [9.17, 15) is 23.2 Å². The van der Waals surface area contributed by atoms with Gasteiger partial charge in [0.25, 0.3) is 0 Å². The molecule has 3 amide bonds. The number of alkyl halides is 2. The highest BCUT2D eigenvalue weighted by Gasteiger charge is 2.42. The lowest BCUT2D eigenvalue weighted by Gasteiger charge is -2.37. The van der Waals surface area contributed by atoms with Crippen LogP contribution in [0.4, 0.5) is 20.3 Å². The zero-order valence-electron chi connectivity index (χ0n) is 25.5. The van der Waals surface area contributed by atoms with Crippen LogP contribution in [0.1, 0.15) is 36.8 Å². The van der Waals surface area contributed by atoms with E-state index in [1.807, 2.05) is 23.1 Å². The molecule has 2 atom stereocenters. The summed E-state index contributed by atoms with van der Waals surface area (Å²) in [4.78, 5) is 44.4. The Morgan fingerprint density at radius 3 is 2.29 bits per heavy atom. The molecule has 2 fully saturated rings. The van der Waals surface area contributed by atoms with E-state index in [1.54, 1.807) is 37.4 Å². The summed E-state index contributed by atoms with van der Waals surface area (Å²) in [7, 11) is 1.65. The second-order valence-electron chi connectivity index (χ2n) is 12.0. The molecule has 1 saturated carbocycles. The number of aryl methyl sites for hydroxylation is 1. The Hall–Kier alpha value is -4.16. The third-order valence-corrected chi connectivity index (χ3v) is 8.88. The number of nitrogens with two attached hydrogens (primary N) is 1. The summed E-state index contributed by atoms with van der Waals surface area (Å²) < 4.78 is 29.4. The highest BCUT2D eigenvalue weighted by atomic mass is 19.3. The number of carbonyl (C=O) groups excluding carboxylic acids is 3. The van der Waals surface area contributed by atoms with E-state index in [4.69, 9.17) is 5.73 Å². The van der Waals surface area contributed by atoms with Crippen LogP contribution < -0.4 is 16.0 Å². The van der Waals surface area contributed by atoms with Crippen LogP contribution in [-0.4, -0.2) is 82.0 Å². The Morgan fingerprint density at radius 2 is 1.69 bits per heavy atom. The minimum atomic E-state index is -2.77. The molecule has 3 N–H and O–H groups in total. The van der Waals surface area contributed by atoms with Crippen molar-refractivity contribution in [3.8, 4) is 0 Å². The van der Waals surface area contributed by atoms with E-state index < -0.39 is 29.8 Å². The number of amides is 3. The largest absolute Gasteiger partial charge is 0.339 e. The van der Waals surface area contributed by atoms with E-state index in [-0.39, 0.29) is 31.6 Å². The van der Waals surface area contributed by atoms with Crippen molar-refractivity contribution >= 4 is 29.7 Å². The maximum absolute atomic E-state index is 14.0. The molecule has 0 spiro atoms. The zero-order valence-corrected chi connectivity index (χ0v) is 25.5. The van der Waals surface area contributed by atoms with Crippen molar-refractivity contribution in [1.82, 2.24) is 19.6 Å². The average Bonchev–Trinajstić information content (AvgIpc) is 3.46. The molecule has 3 aromatic rings. The molecule has 1 aromatic heterocycles. The predicted molar refractivity (Wildman–Crippen MR) is 167 cm³/mol. The van der Waals surface area contributed by atoms with Crippen LogP contribution >= 0.6 is 0 Å². The molecule has 2 aromatic carbocycles. The Balaban J connectivity index is 1.17. The standard InChI is InChI=1S/C33H41F2N7O3/c1-39-29(13-16-37-39)42(23-43)30(26-11-14-33(34,35)15-12-26)31(44)38-27-9-7-24(8-10-27)21-28(36)32(45)41-19-17-40(18-20-41)22-25-5-3-2-4-6-25/h2-10,13,16,23,26,28,30H,11-12,14-15,17-22,36H2,1H3,(H,38,44)/t28-,30+/m1/s1.